The Morgan fingerprint density at radius 3 is 2.27 bits per heavy atom. The van der Waals surface area contributed by atoms with Gasteiger partial charge >= 0.3 is 5.97 Å². The first-order valence-corrected chi connectivity index (χ1v) is 3.29. The van der Waals surface area contributed by atoms with Crippen LogP contribution in [-0.2, 0) is 9.63 Å². The average molecular weight is 161 g/mol. The number of nitrogens with two attached hydrogens (primary N) is 1. The topological polar surface area (TPSA) is 72.5 Å². The van der Waals surface area contributed by atoms with Crippen LogP contribution in [0.3, 0.4) is 0 Å². The van der Waals surface area contributed by atoms with Crippen LogP contribution < -0.4 is 5.90 Å². The minimum Gasteiger partial charge on any atom is -0.478 e. The molecule has 0 rings (SSSR count). The van der Waals surface area contributed by atoms with Gasteiger partial charge in [-0.05, 0) is 13.3 Å². The lowest BCUT2D eigenvalue weighted by molar-refractivity contribution is -0.131. The Labute approximate surface area is 66.6 Å². The Bertz CT molecular complexity index is 110. The van der Waals surface area contributed by atoms with Crippen molar-refractivity contribution in [1.82, 2.24) is 0 Å². The van der Waals surface area contributed by atoms with Crippen LogP contribution in [0.15, 0.2) is 12.7 Å². The second-order valence-electron chi connectivity index (χ2n) is 1.90. The molecule has 0 spiro atoms. The maximum absolute atomic E-state index is 9.25. The molecule has 11 heavy (non-hydrogen) atoms. The van der Waals surface area contributed by atoms with Crippen molar-refractivity contribution in [2.45, 2.75) is 26.4 Å². The van der Waals surface area contributed by atoms with Crippen LogP contribution in [0.2, 0.25) is 0 Å². The fraction of sp³-hybridized carbons (Fsp3) is 0.571. The molecule has 0 amide bonds. The number of carbonyl (C=O) groups is 1. The molecule has 1 unspecified atom stereocenters. The summed E-state index contributed by atoms with van der Waals surface area (Å²) in [5.41, 5.74) is 0. The number of carboxylic acids is 1. The second-order valence-corrected chi connectivity index (χ2v) is 1.90. The van der Waals surface area contributed by atoms with Crippen molar-refractivity contribution >= 4 is 5.97 Å². The summed E-state index contributed by atoms with van der Waals surface area (Å²) in [5, 5.41) is 7.60. The summed E-state index contributed by atoms with van der Waals surface area (Å²) in [5.74, 6) is 3.80. The lowest BCUT2D eigenvalue weighted by atomic mass is 10.3. The van der Waals surface area contributed by atoms with Crippen molar-refractivity contribution in [2.24, 2.45) is 5.90 Å². The minimum atomic E-state index is -0.981. The van der Waals surface area contributed by atoms with Gasteiger partial charge in [-0.15, -0.1) is 0 Å². The van der Waals surface area contributed by atoms with Crippen molar-refractivity contribution in [3.8, 4) is 0 Å². The van der Waals surface area contributed by atoms with Gasteiger partial charge in [-0.1, -0.05) is 13.5 Å². The van der Waals surface area contributed by atoms with Gasteiger partial charge in [0.05, 0.1) is 6.10 Å². The quantitative estimate of drug-likeness (QED) is 0.477. The molecule has 0 aliphatic heterocycles. The molecule has 0 aromatic heterocycles. The third kappa shape index (κ3) is 17.6. The Balaban J connectivity index is 0. The monoisotopic (exact) mass is 161 g/mol. The van der Waals surface area contributed by atoms with Gasteiger partial charge in [0.15, 0.2) is 0 Å². The summed E-state index contributed by atoms with van der Waals surface area (Å²) in [7, 11) is 0. The SMILES string of the molecule is C=CC(=O)O.CCC(C)ON. The zero-order valence-electron chi connectivity index (χ0n) is 6.91. The summed E-state index contributed by atoms with van der Waals surface area (Å²) in [6.07, 6.45) is 2.03. The lowest BCUT2D eigenvalue weighted by Gasteiger charge is -2.00. The normalized spacial score (nSPS) is 10.8. The van der Waals surface area contributed by atoms with E-state index in [0.29, 0.717) is 0 Å². The van der Waals surface area contributed by atoms with Crippen molar-refractivity contribution < 1.29 is 14.7 Å². The molecule has 1 atom stereocenters. The van der Waals surface area contributed by atoms with E-state index in [2.05, 4.69) is 11.4 Å². The van der Waals surface area contributed by atoms with Crippen molar-refractivity contribution in [1.29, 1.82) is 0 Å². The van der Waals surface area contributed by atoms with Gasteiger partial charge in [-0.25, -0.2) is 10.7 Å². The van der Waals surface area contributed by atoms with E-state index in [1.807, 2.05) is 13.8 Å². The molecule has 0 fully saturated rings. The average Bonchev–Trinajstić information content (AvgIpc) is 2.04. The molecule has 66 valence electrons. The molecule has 0 aliphatic rings. The van der Waals surface area contributed by atoms with Crippen molar-refractivity contribution in [3.05, 3.63) is 12.7 Å². The smallest absolute Gasteiger partial charge is 0.327 e. The highest BCUT2D eigenvalue weighted by molar-refractivity contribution is 5.78. The van der Waals surface area contributed by atoms with Crippen molar-refractivity contribution in [3.63, 3.8) is 0 Å². The highest BCUT2D eigenvalue weighted by atomic mass is 16.6. The van der Waals surface area contributed by atoms with Crippen molar-refractivity contribution in [2.75, 3.05) is 0 Å². The molecule has 0 saturated heterocycles. The van der Waals surface area contributed by atoms with Crippen LogP contribution in [0.25, 0.3) is 0 Å². The fourth-order valence-corrected chi connectivity index (χ4v) is 0.0962. The summed E-state index contributed by atoms with van der Waals surface area (Å²) in [6.45, 7) is 6.92. The van der Waals surface area contributed by atoms with E-state index < -0.39 is 5.97 Å². The molecule has 4 nitrogen and oxygen atoms in total. The van der Waals surface area contributed by atoms with Crippen LogP contribution in [0.1, 0.15) is 20.3 Å². The molecule has 4 heteroatoms. The first kappa shape index (κ1) is 12.8. The van der Waals surface area contributed by atoms with E-state index in [9.17, 15) is 4.79 Å². The maximum atomic E-state index is 9.25. The zero-order chi connectivity index (χ0) is 9.28. The number of hydrogen-bond donors (Lipinski definition) is 2. The van der Waals surface area contributed by atoms with Gasteiger partial charge in [0.1, 0.15) is 0 Å². The van der Waals surface area contributed by atoms with Crippen LogP contribution in [0.5, 0.6) is 0 Å². The highest BCUT2D eigenvalue weighted by Crippen LogP contribution is 1.87. The van der Waals surface area contributed by atoms with Crippen LogP contribution >= 0.6 is 0 Å². The highest BCUT2D eigenvalue weighted by Gasteiger charge is 1.89. The molecule has 0 aromatic rings. The Kier molecular flexibility index (Phi) is 10.6. The Hall–Kier alpha value is -0.870. The lowest BCUT2D eigenvalue weighted by Crippen LogP contribution is -2.10. The first-order chi connectivity index (χ1) is 5.08. The number of aliphatic carboxylic acids is 1. The summed E-state index contributed by atoms with van der Waals surface area (Å²) in [4.78, 5) is 13.6. The Morgan fingerprint density at radius 2 is 2.27 bits per heavy atom. The van der Waals surface area contributed by atoms with Gasteiger partial charge in [0.25, 0.3) is 0 Å². The van der Waals surface area contributed by atoms with Gasteiger partial charge in [-0.3, -0.25) is 0 Å². The molecule has 3 N–H and O–H groups in total. The first-order valence-electron chi connectivity index (χ1n) is 3.29. The molecule has 0 saturated carbocycles. The third-order valence-electron chi connectivity index (χ3n) is 0.982. The number of hydrogen-bond acceptors (Lipinski definition) is 3. The molecule has 0 bridgehead atoms. The number of rotatable bonds is 3. The summed E-state index contributed by atoms with van der Waals surface area (Å²) < 4.78 is 0. The van der Waals surface area contributed by atoms with E-state index in [0.717, 1.165) is 12.5 Å². The molecular weight excluding hydrogens is 146 g/mol. The van der Waals surface area contributed by atoms with E-state index in [4.69, 9.17) is 11.0 Å². The Morgan fingerprint density at radius 1 is 1.91 bits per heavy atom. The molecular formula is C7H15NO3. The third-order valence-corrected chi connectivity index (χ3v) is 0.982. The molecule has 0 radical (unpaired) electrons. The zero-order valence-corrected chi connectivity index (χ0v) is 6.91. The predicted octanol–water partition coefficient (Wildman–Crippen LogP) is 0.932. The van der Waals surface area contributed by atoms with Crippen LogP contribution in [-0.4, -0.2) is 17.2 Å². The molecule has 0 aromatic carbocycles. The summed E-state index contributed by atoms with van der Waals surface area (Å²) in [6, 6.07) is 0. The molecule has 0 aliphatic carbocycles. The van der Waals surface area contributed by atoms with Gasteiger partial charge in [0, 0.05) is 6.08 Å². The van der Waals surface area contributed by atoms with E-state index >= 15 is 0 Å². The standard InChI is InChI=1S/C4H11NO.C3H4O2/c1-3-4(2)6-5;1-2-3(4)5/h4H,3,5H2,1-2H3;2H,1H2,(H,4,5). The van der Waals surface area contributed by atoms with Gasteiger partial charge in [0.2, 0.25) is 0 Å². The van der Waals surface area contributed by atoms with Gasteiger partial charge < -0.3 is 9.94 Å². The minimum absolute atomic E-state index is 0.213. The largest absolute Gasteiger partial charge is 0.478 e. The van der Waals surface area contributed by atoms with E-state index in [1.54, 1.807) is 0 Å². The predicted molar refractivity (Wildman–Crippen MR) is 42.9 cm³/mol. The van der Waals surface area contributed by atoms with E-state index in [-0.39, 0.29) is 6.10 Å². The van der Waals surface area contributed by atoms with Crippen LogP contribution in [0, 0.1) is 0 Å². The second kappa shape index (κ2) is 9.13. The summed E-state index contributed by atoms with van der Waals surface area (Å²) >= 11 is 0. The van der Waals surface area contributed by atoms with E-state index in [1.165, 1.54) is 0 Å². The van der Waals surface area contributed by atoms with Gasteiger partial charge in [-0.2, -0.15) is 0 Å². The number of carboxylic acid groups (broad SMARTS) is 1. The fourth-order valence-electron chi connectivity index (χ4n) is 0.0962. The maximum Gasteiger partial charge on any atom is 0.327 e. The van der Waals surface area contributed by atoms with Crippen LogP contribution in [0.4, 0.5) is 0 Å². The molecule has 0 heterocycles.